The summed E-state index contributed by atoms with van der Waals surface area (Å²) in [5.74, 6) is 0.0346. The number of hydrogen-bond acceptors (Lipinski definition) is 3. The van der Waals surface area contributed by atoms with E-state index >= 15 is 0 Å². The number of aryl methyl sites for hydroxylation is 2. The van der Waals surface area contributed by atoms with Crippen LogP contribution in [0.25, 0.3) is 12.2 Å². The molecular weight excluding hydrogens is 418 g/mol. The van der Waals surface area contributed by atoms with E-state index in [1.54, 1.807) is 12.1 Å². The minimum atomic E-state index is -0.464. The third-order valence-corrected chi connectivity index (χ3v) is 5.47. The third kappa shape index (κ3) is 5.70. The summed E-state index contributed by atoms with van der Waals surface area (Å²) in [4.78, 5) is 13.6. The van der Waals surface area contributed by atoms with Crippen molar-refractivity contribution in [2.45, 2.75) is 13.8 Å². The van der Waals surface area contributed by atoms with Crippen molar-refractivity contribution in [1.82, 2.24) is 0 Å². The second-order valence-corrected chi connectivity index (χ2v) is 8.13. The van der Waals surface area contributed by atoms with E-state index in [9.17, 15) is 4.79 Å². The highest BCUT2D eigenvalue weighted by Gasteiger charge is 2.12. The molecular formula is C31H27NO2. The largest absolute Gasteiger partial charge is 0.423 e. The molecule has 0 aliphatic heterocycles. The number of carbonyl (C=O) groups excluding carboxylic acids is 1. The molecule has 3 heteroatoms. The Morgan fingerprint density at radius 2 is 1.03 bits per heavy atom. The van der Waals surface area contributed by atoms with Gasteiger partial charge in [-0.2, -0.15) is 0 Å². The van der Waals surface area contributed by atoms with E-state index in [0.29, 0.717) is 5.75 Å². The molecule has 168 valence electrons. The van der Waals surface area contributed by atoms with Crippen molar-refractivity contribution in [2.75, 3.05) is 4.90 Å². The maximum Gasteiger partial charge on any atom is 0.335 e. The molecule has 34 heavy (non-hydrogen) atoms. The minimum Gasteiger partial charge on any atom is -0.423 e. The highest BCUT2D eigenvalue weighted by molar-refractivity contribution is 5.83. The molecule has 0 bridgehead atoms. The molecule has 4 aromatic carbocycles. The predicted octanol–water partition coefficient (Wildman–Crippen LogP) is 8.04. The van der Waals surface area contributed by atoms with Gasteiger partial charge in [-0.25, -0.2) is 4.79 Å². The van der Waals surface area contributed by atoms with Gasteiger partial charge in [0.05, 0.1) is 0 Å². The topological polar surface area (TPSA) is 29.5 Å². The van der Waals surface area contributed by atoms with Gasteiger partial charge in [0, 0.05) is 23.1 Å². The Hall–Kier alpha value is -4.37. The van der Waals surface area contributed by atoms with Crippen LogP contribution in [0, 0.1) is 13.8 Å². The first kappa shape index (κ1) is 22.8. The molecule has 0 amide bonds. The third-order valence-electron chi connectivity index (χ3n) is 5.47. The van der Waals surface area contributed by atoms with Crippen LogP contribution in [-0.4, -0.2) is 5.97 Å². The smallest absolute Gasteiger partial charge is 0.335 e. The summed E-state index contributed by atoms with van der Waals surface area (Å²) in [6.07, 6.45) is 5.25. The quantitative estimate of drug-likeness (QED) is 0.125. The second-order valence-electron chi connectivity index (χ2n) is 8.13. The summed E-state index contributed by atoms with van der Waals surface area (Å²) in [5, 5.41) is 0. The van der Waals surface area contributed by atoms with Crippen molar-refractivity contribution >= 4 is 35.2 Å². The lowest BCUT2D eigenvalue weighted by atomic mass is 10.1. The van der Waals surface area contributed by atoms with Gasteiger partial charge in [0.1, 0.15) is 5.75 Å². The Balaban J connectivity index is 1.55. The molecule has 4 aromatic rings. The molecule has 0 saturated carbocycles. The lowest BCUT2D eigenvalue weighted by Gasteiger charge is -2.25. The van der Waals surface area contributed by atoms with E-state index in [2.05, 4.69) is 104 Å². The lowest BCUT2D eigenvalue weighted by Crippen LogP contribution is -2.09. The monoisotopic (exact) mass is 445 g/mol. The molecule has 3 nitrogen and oxygen atoms in total. The fourth-order valence-electron chi connectivity index (χ4n) is 3.57. The predicted molar refractivity (Wildman–Crippen MR) is 142 cm³/mol. The van der Waals surface area contributed by atoms with Crippen molar-refractivity contribution in [1.29, 1.82) is 0 Å². The van der Waals surface area contributed by atoms with E-state index in [-0.39, 0.29) is 0 Å². The molecule has 4 rings (SSSR count). The van der Waals surface area contributed by atoms with Crippen LogP contribution in [0.4, 0.5) is 17.1 Å². The molecule has 0 fully saturated rings. The molecule has 0 unspecified atom stereocenters. The summed E-state index contributed by atoms with van der Waals surface area (Å²) in [6.45, 7) is 7.61. The number of ether oxygens (including phenoxy) is 1. The molecule has 0 saturated heterocycles. The van der Waals surface area contributed by atoms with Gasteiger partial charge in [0.25, 0.3) is 0 Å². The van der Waals surface area contributed by atoms with Crippen LogP contribution in [0.3, 0.4) is 0 Å². The zero-order valence-electron chi connectivity index (χ0n) is 19.4. The van der Waals surface area contributed by atoms with Crippen molar-refractivity contribution in [3.05, 3.63) is 132 Å². The SMILES string of the molecule is C=CC(=O)Oc1ccc(/C=C/c2ccc(N(c3ccc(C)cc3)c3ccc(C)cc3)cc2)cc1. The maximum atomic E-state index is 11.3. The van der Waals surface area contributed by atoms with Gasteiger partial charge < -0.3 is 9.64 Å². The van der Waals surface area contributed by atoms with Crippen molar-refractivity contribution in [3.8, 4) is 5.75 Å². The standard InChI is InChI=1S/C31H27NO2/c1-4-31(33)34-30-21-13-26(14-22-30)10-9-25-11-19-29(20-12-25)32(27-15-5-23(2)6-16-27)28-17-7-24(3)8-18-28/h4-22H,1H2,2-3H3/b10-9+. The van der Waals surface area contributed by atoms with Crippen LogP contribution in [0.15, 0.2) is 110 Å². The molecule has 0 N–H and O–H groups in total. The van der Waals surface area contributed by atoms with E-state index in [4.69, 9.17) is 4.74 Å². The summed E-state index contributed by atoms with van der Waals surface area (Å²) in [6, 6.07) is 33.0. The van der Waals surface area contributed by atoms with Crippen LogP contribution in [-0.2, 0) is 4.79 Å². The average Bonchev–Trinajstić information content (AvgIpc) is 2.87. The number of carbonyl (C=O) groups is 1. The zero-order valence-corrected chi connectivity index (χ0v) is 19.4. The van der Waals surface area contributed by atoms with Crippen LogP contribution in [0.1, 0.15) is 22.3 Å². The highest BCUT2D eigenvalue weighted by Crippen LogP contribution is 2.34. The van der Waals surface area contributed by atoms with Gasteiger partial charge in [-0.3, -0.25) is 0 Å². The first-order chi connectivity index (χ1) is 16.5. The molecule has 0 heterocycles. The van der Waals surface area contributed by atoms with Crippen molar-refractivity contribution in [2.24, 2.45) is 0 Å². The van der Waals surface area contributed by atoms with Gasteiger partial charge in [-0.05, 0) is 73.5 Å². The van der Waals surface area contributed by atoms with Crippen LogP contribution in [0.2, 0.25) is 0 Å². The average molecular weight is 446 g/mol. The Morgan fingerprint density at radius 1 is 0.647 bits per heavy atom. The fraction of sp³-hybridized carbons (Fsp3) is 0.0645. The number of anilines is 3. The van der Waals surface area contributed by atoms with E-state index in [1.165, 1.54) is 11.1 Å². The van der Waals surface area contributed by atoms with Gasteiger partial charge in [0.15, 0.2) is 0 Å². The number of esters is 1. The fourth-order valence-corrected chi connectivity index (χ4v) is 3.57. The Morgan fingerprint density at radius 3 is 1.44 bits per heavy atom. The molecule has 0 atom stereocenters. The van der Waals surface area contributed by atoms with Gasteiger partial charge >= 0.3 is 5.97 Å². The minimum absolute atomic E-state index is 0.464. The molecule has 0 spiro atoms. The van der Waals surface area contributed by atoms with Gasteiger partial charge in [-0.15, -0.1) is 0 Å². The maximum absolute atomic E-state index is 11.3. The van der Waals surface area contributed by atoms with Gasteiger partial charge in [0.2, 0.25) is 0 Å². The first-order valence-corrected chi connectivity index (χ1v) is 11.2. The summed E-state index contributed by atoms with van der Waals surface area (Å²) >= 11 is 0. The highest BCUT2D eigenvalue weighted by atomic mass is 16.5. The Kier molecular flexibility index (Phi) is 7.04. The molecule has 0 aromatic heterocycles. The summed E-state index contributed by atoms with van der Waals surface area (Å²) in [7, 11) is 0. The number of hydrogen-bond donors (Lipinski definition) is 0. The van der Waals surface area contributed by atoms with Crippen molar-refractivity contribution in [3.63, 3.8) is 0 Å². The number of nitrogens with zero attached hydrogens (tertiary/aromatic N) is 1. The molecule has 0 aliphatic rings. The summed E-state index contributed by atoms with van der Waals surface area (Å²) < 4.78 is 5.12. The lowest BCUT2D eigenvalue weighted by molar-refractivity contribution is -0.128. The van der Waals surface area contributed by atoms with E-state index in [0.717, 1.165) is 34.3 Å². The Bertz CT molecular complexity index is 1240. The van der Waals surface area contributed by atoms with Crippen molar-refractivity contribution < 1.29 is 9.53 Å². The number of rotatable bonds is 7. The number of benzene rings is 4. The van der Waals surface area contributed by atoms with Crippen LogP contribution < -0.4 is 9.64 Å². The zero-order chi connectivity index (χ0) is 23.9. The van der Waals surface area contributed by atoms with Crippen LogP contribution in [0.5, 0.6) is 5.75 Å². The molecule has 0 radical (unpaired) electrons. The first-order valence-electron chi connectivity index (χ1n) is 11.2. The van der Waals surface area contributed by atoms with E-state index < -0.39 is 5.97 Å². The normalized spacial score (nSPS) is 10.8. The van der Waals surface area contributed by atoms with E-state index in [1.807, 2.05) is 18.2 Å². The summed E-state index contributed by atoms with van der Waals surface area (Å²) in [5.41, 5.74) is 7.92. The Labute approximate surface area is 201 Å². The molecule has 0 aliphatic carbocycles. The second kappa shape index (κ2) is 10.5. The van der Waals surface area contributed by atoms with Crippen LogP contribution >= 0.6 is 0 Å². The van der Waals surface area contributed by atoms with Gasteiger partial charge in [-0.1, -0.05) is 78.4 Å².